The van der Waals surface area contributed by atoms with Gasteiger partial charge in [-0.2, -0.15) is 0 Å². The van der Waals surface area contributed by atoms with Gasteiger partial charge < -0.3 is 5.32 Å². The highest BCUT2D eigenvalue weighted by Gasteiger charge is 2.26. The van der Waals surface area contributed by atoms with Gasteiger partial charge in [-0.3, -0.25) is 9.69 Å². The monoisotopic (exact) mass is 348 g/mol. The zero-order valence-corrected chi connectivity index (χ0v) is 15.4. The first-order chi connectivity index (χ1) is 11.1. The van der Waals surface area contributed by atoms with Crippen molar-refractivity contribution in [2.24, 2.45) is 5.92 Å². The molecule has 0 radical (unpaired) electrons. The molecule has 2 aromatic rings. The van der Waals surface area contributed by atoms with Crippen LogP contribution in [0.2, 0.25) is 0 Å². The Bertz CT molecular complexity index is 627. The number of nitrogens with one attached hydrogen (secondary N) is 1. The maximum Gasteiger partial charge on any atom is 0.261 e. The molecule has 23 heavy (non-hydrogen) atoms. The Balaban J connectivity index is 1.67. The first-order valence-electron chi connectivity index (χ1n) is 8.25. The van der Waals surface area contributed by atoms with E-state index in [1.807, 2.05) is 18.4 Å². The van der Waals surface area contributed by atoms with Gasteiger partial charge in [-0.15, -0.1) is 22.7 Å². The van der Waals surface area contributed by atoms with E-state index in [4.69, 9.17) is 0 Å². The van der Waals surface area contributed by atoms with Gasteiger partial charge in [0.1, 0.15) is 0 Å². The largest absolute Gasteiger partial charge is 0.349 e. The van der Waals surface area contributed by atoms with Crippen LogP contribution in [0.5, 0.6) is 0 Å². The zero-order valence-electron chi connectivity index (χ0n) is 13.7. The molecule has 1 N–H and O–H groups in total. The molecular weight excluding hydrogens is 324 g/mol. The van der Waals surface area contributed by atoms with Crippen molar-refractivity contribution < 1.29 is 4.79 Å². The summed E-state index contributed by atoms with van der Waals surface area (Å²) >= 11 is 3.31. The number of aryl methyl sites for hydroxylation is 1. The van der Waals surface area contributed by atoms with Crippen LogP contribution in [0.1, 0.15) is 45.9 Å². The van der Waals surface area contributed by atoms with Crippen LogP contribution in [0.4, 0.5) is 0 Å². The summed E-state index contributed by atoms with van der Waals surface area (Å²) in [6.45, 7) is 7.26. The van der Waals surface area contributed by atoms with E-state index in [9.17, 15) is 4.79 Å². The van der Waals surface area contributed by atoms with E-state index in [2.05, 4.69) is 34.7 Å². The molecule has 1 aliphatic rings. The Morgan fingerprint density at radius 3 is 2.70 bits per heavy atom. The standard InChI is InChI=1S/C18H24N2OS2/c1-13-5-8-20(9-6-13)15(16-4-3-10-22-16)12-19-18(21)17-14(2)7-11-23-17/h3-4,7,10-11,13,15H,5-6,8-9,12H2,1-2H3,(H,19,21). The van der Waals surface area contributed by atoms with Crippen molar-refractivity contribution in [2.45, 2.75) is 32.7 Å². The Morgan fingerprint density at radius 2 is 2.09 bits per heavy atom. The molecule has 1 saturated heterocycles. The Hall–Kier alpha value is -1.17. The topological polar surface area (TPSA) is 32.3 Å². The van der Waals surface area contributed by atoms with Crippen molar-refractivity contribution in [3.63, 3.8) is 0 Å². The molecular formula is C18H24N2OS2. The van der Waals surface area contributed by atoms with E-state index < -0.39 is 0 Å². The fourth-order valence-electron chi connectivity index (χ4n) is 3.11. The number of thiophene rings is 2. The number of carbonyl (C=O) groups is 1. The summed E-state index contributed by atoms with van der Waals surface area (Å²) in [6.07, 6.45) is 2.50. The molecule has 1 aliphatic heterocycles. The average Bonchev–Trinajstić information content (AvgIpc) is 3.20. The minimum atomic E-state index is 0.0597. The van der Waals surface area contributed by atoms with Gasteiger partial charge in [0, 0.05) is 11.4 Å². The third kappa shape index (κ3) is 4.03. The highest BCUT2D eigenvalue weighted by Crippen LogP contribution is 2.29. The molecule has 0 aromatic carbocycles. The molecule has 124 valence electrons. The Kier molecular flexibility index (Phi) is 5.51. The van der Waals surface area contributed by atoms with Crippen LogP contribution in [0.15, 0.2) is 29.0 Å². The molecule has 2 aromatic heterocycles. The molecule has 1 unspecified atom stereocenters. The first-order valence-corrected chi connectivity index (χ1v) is 10.0. The summed E-state index contributed by atoms with van der Waals surface area (Å²) in [7, 11) is 0. The van der Waals surface area contributed by atoms with Gasteiger partial charge in [0.15, 0.2) is 0 Å². The second-order valence-electron chi connectivity index (χ2n) is 6.39. The SMILES string of the molecule is Cc1ccsc1C(=O)NCC(c1cccs1)N1CCC(C)CC1. The smallest absolute Gasteiger partial charge is 0.261 e. The van der Waals surface area contributed by atoms with Crippen LogP contribution >= 0.6 is 22.7 Å². The van der Waals surface area contributed by atoms with E-state index in [-0.39, 0.29) is 5.91 Å². The molecule has 5 heteroatoms. The molecule has 3 heterocycles. The number of nitrogens with zero attached hydrogens (tertiary/aromatic N) is 1. The summed E-state index contributed by atoms with van der Waals surface area (Å²) in [4.78, 5) is 17.1. The maximum atomic E-state index is 12.4. The minimum absolute atomic E-state index is 0.0597. The maximum absolute atomic E-state index is 12.4. The molecule has 3 nitrogen and oxygen atoms in total. The van der Waals surface area contributed by atoms with Crippen molar-refractivity contribution in [1.82, 2.24) is 10.2 Å². The van der Waals surface area contributed by atoms with E-state index in [1.54, 1.807) is 11.3 Å². The number of hydrogen-bond acceptors (Lipinski definition) is 4. The van der Waals surface area contributed by atoms with Crippen molar-refractivity contribution in [3.8, 4) is 0 Å². The van der Waals surface area contributed by atoms with Crippen molar-refractivity contribution in [2.75, 3.05) is 19.6 Å². The molecule has 0 spiro atoms. The lowest BCUT2D eigenvalue weighted by Gasteiger charge is -2.36. The molecule has 1 amide bonds. The van der Waals surface area contributed by atoms with Crippen molar-refractivity contribution in [1.29, 1.82) is 0 Å². The van der Waals surface area contributed by atoms with Gasteiger partial charge in [-0.25, -0.2) is 0 Å². The van der Waals surface area contributed by atoms with Crippen LogP contribution in [0, 0.1) is 12.8 Å². The molecule has 0 bridgehead atoms. The number of carbonyl (C=O) groups excluding carboxylic acids is 1. The predicted octanol–water partition coefficient (Wildman–Crippen LogP) is 4.32. The quantitative estimate of drug-likeness (QED) is 0.873. The van der Waals surface area contributed by atoms with Gasteiger partial charge >= 0.3 is 0 Å². The lowest BCUT2D eigenvalue weighted by Crippen LogP contribution is -2.41. The van der Waals surface area contributed by atoms with E-state index in [1.165, 1.54) is 29.1 Å². The van der Waals surface area contributed by atoms with E-state index in [0.29, 0.717) is 12.6 Å². The summed E-state index contributed by atoms with van der Waals surface area (Å²) in [5.74, 6) is 0.878. The van der Waals surface area contributed by atoms with Crippen LogP contribution in [-0.2, 0) is 0 Å². The number of rotatable bonds is 5. The van der Waals surface area contributed by atoms with E-state index in [0.717, 1.165) is 29.4 Å². The number of piperidine rings is 1. The molecule has 3 rings (SSSR count). The van der Waals surface area contributed by atoms with Crippen LogP contribution in [0.3, 0.4) is 0 Å². The normalized spacial score (nSPS) is 18.0. The van der Waals surface area contributed by atoms with Crippen molar-refractivity contribution >= 4 is 28.6 Å². The zero-order chi connectivity index (χ0) is 16.2. The fraction of sp³-hybridized carbons (Fsp3) is 0.500. The summed E-state index contributed by atoms with van der Waals surface area (Å²) in [5, 5.41) is 7.26. The van der Waals surface area contributed by atoms with Gasteiger partial charge in [-0.1, -0.05) is 13.0 Å². The van der Waals surface area contributed by atoms with Crippen LogP contribution in [0.25, 0.3) is 0 Å². The summed E-state index contributed by atoms with van der Waals surface area (Å²) in [6, 6.07) is 6.59. The highest BCUT2D eigenvalue weighted by molar-refractivity contribution is 7.12. The van der Waals surface area contributed by atoms with E-state index >= 15 is 0 Å². The Labute approximate surface area is 146 Å². The summed E-state index contributed by atoms with van der Waals surface area (Å²) in [5.41, 5.74) is 1.06. The average molecular weight is 349 g/mol. The highest BCUT2D eigenvalue weighted by atomic mass is 32.1. The Morgan fingerprint density at radius 1 is 1.30 bits per heavy atom. The molecule has 0 saturated carbocycles. The fourth-order valence-corrected chi connectivity index (χ4v) is 4.81. The van der Waals surface area contributed by atoms with Crippen molar-refractivity contribution in [3.05, 3.63) is 44.3 Å². The lowest BCUT2D eigenvalue weighted by atomic mass is 9.97. The van der Waals surface area contributed by atoms with Crippen LogP contribution in [-0.4, -0.2) is 30.4 Å². The van der Waals surface area contributed by atoms with Gasteiger partial charge in [0.25, 0.3) is 5.91 Å². The second kappa shape index (κ2) is 7.60. The number of likely N-dealkylation sites (tertiary alicyclic amines) is 1. The number of hydrogen-bond donors (Lipinski definition) is 1. The van der Waals surface area contributed by atoms with Gasteiger partial charge in [0.2, 0.25) is 0 Å². The first kappa shape index (κ1) is 16.7. The third-order valence-electron chi connectivity index (χ3n) is 4.65. The predicted molar refractivity (Wildman–Crippen MR) is 98.4 cm³/mol. The van der Waals surface area contributed by atoms with Gasteiger partial charge in [0.05, 0.1) is 10.9 Å². The lowest BCUT2D eigenvalue weighted by molar-refractivity contribution is 0.0918. The molecule has 1 fully saturated rings. The molecule has 0 aliphatic carbocycles. The minimum Gasteiger partial charge on any atom is -0.349 e. The van der Waals surface area contributed by atoms with Crippen LogP contribution < -0.4 is 5.32 Å². The number of amides is 1. The van der Waals surface area contributed by atoms with Gasteiger partial charge in [-0.05, 0) is 67.2 Å². The summed E-state index contributed by atoms with van der Waals surface area (Å²) < 4.78 is 0. The third-order valence-corrected chi connectivity index (χ3v) is 6.64. The molecule has 1 atom stereocenters. The second-order valence-corrected chi connectivity index (χ2v) is 8.29.